The standard InChI is InChI=1S/C21H27N2.C6H8.CH3.2ClH.Ru/c1-14-9-16(3)20(17(4)10-14)22-7-8-23(13-22)21-18(5)11-15(2)12-19(21)6;1-4-5-6(2)3;;;;/h9-13H,7-8H2,1-6H3;4-5H,2-3H3;1H3;2*1H;/q-1;;-1;;;+2/p-2. The van der Waals surface area contributed by atoms with Crippen LogP contribution in [0.25, 0.3) is 0 Å². The van der Waals surface area contributed by atoms with Crippen molar-refractivity contribution in [2.24, 2.45) is 0 Å². The first-order chi connectivity index (χ1) is 15.0. The summed E-state index contributed by atoms with van der Waals surface area (Å²) in [4.78, 5) is 4.81. The van der Waals surface area contributed by atoms with Crippen LogP contribution in [0.1, 0.15) is 47.2 Å². The van der Waals surface area contributed by atoms with Gasteiger partial charge in [0.05, 0.1) is 0 Å². The Morgan fingerprint density at radius 1 is 0.818 bits per heavy atom. The number of rotatable bonds is 3. The van der Waals surface area contributed by atoms with E-state index < -0.39 is 13.5 Å². The van der Waals surface area contributed by atoms with E-state index in [1.165, 1.54) is 50.3 Å². The van der Waals surface area contributed by atoms with Crippen LogP contribution in [0.15, 0.2) is 42.0 Å². The smallest absolute Gasteiger partial charge is 0.0146 e. The summed E-state index contributed by atoms with van der Waals surface area (Å²) in [5.74, 6) is 0. The van der Waals surface area contributed by atoms with Crippen LogP contribution in [-0.2, 0) is 13.5 Å². The number of aryl methyl sites for hydroxylation is 6. The van der Waals surface area contributed by atoms with E-state index in [0.717, 1.165) is 13.1 Å². The number of halogens is 2. The van der Waals surface area contributed by atoms with Gasteiger partial charge in [-0.3, -0.25) is 0 Å². The zero-order chi connectivity index (χ0) is 24.0. The average molecular weight is 575 g/mol. The van der Waals surface area contributed by atoms with Crippen molar-refractivity contribution in [3.63, 3.8) is 0 Å². The van der Waals surface area contributed by atoms with Gasteiger partial charge >= 0.3 is 68.7 Å². The van der Waals surface area contributed by atoms with Gasteiger partial charge < -0.3 is 17.2 Å². The third-order valence-electron chi connectivity index (χ3n) is 5.26. The van der Waals surface area contributed by atoms with Gasteiger partial charge in [-0.15, -0.1) is 0 Å². The molecule has 3 rings (SSSR count). The number of benzene rings is 2. The third-order valence-corrected chi connectivity index (χ3v) is 6.84. The molecule has 0 aliphatic carbocycles. The molecule has 0 amide bonds. The van der Waals surface area contributed by atoms with Gasteiger partial charge in [0.15, 0.2) is 0 Å². The number of allylic oxidation sites excluding steroid dienone is 3. The maximum absolute atomic E-state index is 5.50. The number of nitrogens with zero attached hydrogens (tertiary/aromatic N) is 2. The summed E-state index contributed by atoms with van der Waals surface area (Å²) in [7, 11) is 11.0. The van der Waals surface area contributed by atoms with Crippen LogP contribution in [0.3, 0.4) is 0 Å². The predicted octanol–water partition coefficient (Wildman–Crippen LogP) is 8.27. The third kappa shape index (κ3) is 8.73. The molecule has 1 saturated heterocycles. The van der Waals surface area contributed by atoms with Gasteiger partial charge in [0.1, 0.15) is 0 Å². The zero-order valence-electron chi connectivity index (χ0n) is 21.5. The molecule has 1 fully saturated rings. The van der Waals surface area contributed by atoms with E-state index in [1.54, 1.807) is 6.08 Å². The Hall–Kier alpha value is -1.37. The first-order valence-electron chi connectivity index (χ1n) is 10.8. The van der Waals surface area contributed by atoms with Crippen LogP contribution in [-0.4, -0.2) is 17.4 Å². The van der Waals surface area contributed by atoms with Crippen LogP contribution >= 0.6 is 19.4 Å². The topological polar surface area (TPSA) is 6.48 Å². The molecule has 0 spiro atoms. The normalized spacial score (nSPS) is 12.8. The first kappa shape index (κ1) is 29.7. The second kappa shape index (κ2) is 13.5. The van der Waals surface area contributed by atoms with Crippen molar-refractivity contribution in [1.82, 2.24) is 0 Å². The summed E-state index contributed by atoms with van der Waals surface area (Å²) in [5.41, 5.74) is 12.1. The molecule has 0 unspecified atom stereocenters. The largest absolute Gasteiger partial charge is 0.502 e. The second-order valence-corrected chi connectivity index (χ2v) is 14.1. The van der Waals surface area contributed by atoms with Crippen LogP contribution in [0, 0.1) is 55.6 Å². The Morgan fingerprint density at radius 3 is 1.48 bits per heavy atom. The molecule has 0 saturated carbocycles. The Kier molecular flexibility index (Phi) is 12.1. The van der Waals surface area contributed by atoms with Crippen LogP contribution in [0.2, 0.25) is 0 Å². The van der Waals surface area contributed by atoms with E-state index in [9.17, 15) is 0 Å². The average Bonchev–Trinajstić information content (AvgIpc) is 3.08. The van der Waals surface area contributed by atoms with Crippen molar-refractivity contribution < 1.29 is 13.5 Å². The van der Waals surface area contributed by atoms with E-state index in [2.05, 4.69) is 86.5 Å². The summed E-state index contributed by atoms with van der Waals surface area (Å²) < 4.78 is 2.85. The SMILES string of the molecule is CC(C)=CC=[C]=[Ru]([Cl])[Cl].Cc1cc(C)c(N2[CH-]N(c3c(C)cc(C)cc3C)CC2)c(C)c1.[CH3-]. The molecule has 0 N–H and O–H groups in total. The molecule has 2 aromatic carbocycles. The molecule has 0 bridgehead atoms. The Morgan fingerprint density at radius 2 is 1.18 bits per heavy atom. The molecule has 2 nitrogen and oxygen atoms in total. The molecule has 2 aromatic rings. The van der Waals surface area contributed by atoms with E-state index in [4.69, 9.17) is 19.4 Å². The van der Waals surface area contributed by atoms with Crippen LogP contribution in [0.4, 0.5) is 11.4 Å². The summed E-state index contributed by atoms with van der Waals surface area (Å²) in [5, 5.41) is 0. The zero-order valence-corrected chi connectivity index (χ0v) is 24.7. The molecule has 0 aromatic heterocycles. The van der Waals surface area contributed by atoms with Gasteiger partial charge in [-0.2, -0.15) is 6.67 Å². The van der Waals surface area contributed by atoms with E-state index >= 15 is 0 Å². The Bertz CT molecular complexity index is 948. The minimum absolute atomic E-state index is 0. The number of anilines is 2. The molecular formula is C28H38Cl2N2Ru-2. The second-order valence-electron chi connectivity index (χ2n) is 8.69. The van der Waals surface area contributed by atoms with Gasteiger partial charge in [0.25, 0.3) is 0 Å². The molecule has 33 heavy (non-hydrogen) atoms. The van der Waals surface area contributed by atoms with Crippen molar-refractivity contribution in [3.8, 4) is 0 Å². The summed E-state index contributed by atoms with van der Waals surface area (Å²) in [6.07, 6.45) is 3.72. The molecule has 1 aliphatic rings. The van der Waals surface area contributed by atoms with E-state index in [-0.39, 0.29) is 7.43 Å². The molecule has 5 heteroatoms. The van der Waals surface area contributed by atoms with E-state index in [0.29, 0.717) is 0 Å². The van der Waals surface area contributed by atoms with Crippen LogP contribution < -0.4 is 9.80 Å². The van der Waals surface area contributed by atoms with Crippen molar-refractivity contribution in [2.45, 2.75) is 55.4 Å². The summed E-state index contributed by atoms with van der Waals surface area (Å²) in [6, 6.07) is 9.12. The summed E-state index contributed by atoms with van der Waals surface area (Å²) >= 11 is -1.67. The van der Waals surface area contributed by atoms with Gasteiger partial charge in [0, 0.05) is 24.5 Å². The monoisotopic (exact) mass is 574 g/mol. The van der Waals surface area contributed by atoms with E-state index in [1.807, 2.05) is 19.9 Å². The van der Waals surface area contributed by atoms with Gasteiger partial charge in [-0.1, -0.05) is 35.4 Å². The Labute approximate surface area is 215 Å². The fourth-order valence-electron chi connectivity index (χ4n) is 4.33. The minimum atomic E-state index is -1.67. The van der Waals surface area contributed by atoms with Gasteiger partial charge in [0.2, 0.25) is 0 Å². The number of hydrogen-bond acceptors (Lipinski definition) is 2. The molecule has 184 valence electrons. The maximum Gasteiger partial charge on any atom is 0.0146 e. The maximum atomic E-state index is 5.50. The summed E-state index contributed by atoms with van der Waals surface area (Å²) in [6.45, 7) is 21.6. The molecule has 1 heterocycles. The molecule has 0 atom stereocenters. The first-order valence-corrected chi connectivity index (χ1v) is 16.1. The molecular weight excluding hydrogens is 536 g/mol. The predicted molar refractivity (Wildman–Crippen MR) is 147 cm³/mol. The van der Waals surface area contributed by atoms with Gasteiger partial charge in [-0.25, -0.2) is 0 Å². The van der Waals surface area contributed by atoms with Gasteiger partial charge in [-0.05, 0) is 63.8 Å². The van der Waals surface area contributed by atoms with Crippen molar-refractivity contribution in [1.29, 1.82) is 0 Å². The minimum Gasteiger partial charge on any atom is -0.502 e. The molecule has 0 radical (unpaired) electrons. The fraction of sp³-hybridized carbons (Fsp3) is 0.357. The quantitative estimate of drug-likeness (QED) is 0.207. The number of hydrogen-bond donors (Lipinski definition) is 0. The Balaban J connectivity index is 0.000000467. The van der Waals surface area contributed by atoms with Crippen molar-refractivity contribution in [3.05, 3.63) is 89.5 Å². The fourth-order valence-corrected chi connectivity index (χ4v) is 5.22. The molecule has 1 aliphatic heterocycles. The van der Waals surface area contributed by atoms with Crippen LogP contribution in [0.5, 0.6) is 0 Å². The van der Waals surface area contributed by atoms with Crippen molar-refractivity contribution >= 4 is 35.0 Å². The van der Waals surface area contributed by atoms with Crippen molar-refractivity contribution in [2.75, 3.05) is 22.9 Å².